The average Bonchev–Trinajstić information content (AvgIpc) is 2.19. The normalized spacial score (nSPS) is 10.2. The average molecular weight is 175 g/mol. The van der Waals surface area contributed by atoms with Gasteiger partial charge in [0.1, 0.15) is 5.52 Å². The van der Waals surface area contributed by atoms with Crippen molar-refractivity contribution in [3.05, 3.63) is 30.6 Å². The predicted molar refractivity (Wildman–Crippen MR) is 50.2 cm³/mol. The van der Waals surface area contributed by atoms with E-state index in [1.807, 2.05) is 18.2 Å². The Morgan fingerprint density at radius 3 is 3.00 bits per heavy atom. The molecule has 0 bridgehead atoms. The summed E-state index contributed by atoms with van der Waals surface area (Å²) in [7, 11) is 1.56. The number of rotatable bonds is 2. The lowest BCUT2D eigenvalue weighted by atomic mass is 10.3. The molecular weight excluding hydrogens is 166 g/mol. The van der Waals surface area contributed by atoms with Crippen LogP contribution in [0.2, 0.25) is 0 Å². The number of nitrogens with zero attached hydrogens (tertiary/aromatic N) is 2. The second-order valence-electron chi connectivity index (χ2n) is 2.54. The van der Waals surface area contributed by atoms with Gasteiger partial charge in [-0.25, -0.2) is 0 Å². The highest BCUT2D eigenvalue weighted by Gasteiger charge is 2.00. The molecule has 2 rings (SSSR count). The molecule has 0 amide bonds. The van der Waals surface area contributed by atoms with Gasteiger partial charge in [-0.1, -0.05) is 0 Å². The SMILES string of the molecule is CONc1ccnc2cccnc12. The minimum Gasteiger partial charge on any atom is -0.279 e. The molecule has 13 heavy (non-hydrogen) atoms. The first kappa shape index (κ1) is 7.94. The summed E-state index contributed by atoms with van der Waals surface area (Å²) in [6.07, 6.45) is 3.44. The van der Waals surface area contributed by atoms with Crippen molar-refractivity contribution < 1.29 is 4.84 Å². The van der Waals surface area contributed by atoms with Gasteiger partial charge < -0.3 is 0 Å². The van der Waals surface area contributed by atoms with Crippen LogP contribution in [0.3, 0.4) is 0 Å². The summed E-state index contributed by atoms with van der Waals surface area (Å²) in [6, 6.07) is 5.58. The summed E-state index contributed by atoms with van der Waals surface area (Å²) in [4.78, 5) is 13.2. The fourth-order valence-electron chi connectivity index (χ4n) is 1.17. The van der Waals surface area contributed by atoms with Crippen LogP contribution in [0.5, 0.6) is 0 Å². The summed E-state index contributed by atoms with van der Waals surface area (Å²) >= 11 is 0. The van der Waals surface area contributed by atoms with Crippen LogP contribution in [0.4, 0.5) is 5.69 Å². The number of hydrogen-bond donors (Lipinski definition) is 1. The monoisotopic (exact) mass is 175 g/mol. The summed E-state index contributed by atoms with van der Waals surface area (Å²) in [6.45, 7) is 0. The Kier molecular flexibility index (Phi) is 2.06. The number of anilines is 1. The van der Waals surface area contributed by atoms with E-state index in [0.29, 0.717) is 0 Å². The third kappa shape index (κ3) is 1.43. The van der Waals surface area contributed by atoms with Gasteiger partial charge in [0.05, 0.1) is 18.3 Å². The lowest BCUT2D eigenvalue weighted by Crippen LogP contribution is -1.97. The maximum absolute atomic E-state index is 4.82. The lowest BCUT2D eigenvalue weighted by molar-refractivity contribution is 0.271. The lowest BCUT2D eigenvalue weighted by Gasteiger charge is -2.04. The molecule has 0 atom stereocenters. The van der Waals surface area contributed by atoms with Crippen molar-refractivity contribution in [3.63, 3.8) is 0 Å². The van der Waals surface area contributed by atoms with Gasteiger partial charge in [-0.15, -0.1) is 0 Å². The highest BCUT2D eigenvalue weighted by Crippen LogP contribution is 2.17. The van der Waals surface area contributed by atoms with E-state index in [2.05, 4.69) is 15.4 Å². The summed E-state index contributed by atoms with van der Waals surface area (Å²) in [5.74, 6) is 0. The molecule has 0 aliphatic rings. The largest absolute Gasteiger partial charge is 0.279 e. The molecule has 66 valence electrons. The van der Waals surface area contributed by atoms with Gasteiger partial charge in [-0.05, 0) is 18.2 Å². The fourth-order valence-corrected chi connectivity index (χ4v) is 1.17. The molecule has 4 heteroatoms. The van der Waals surface area contributed by atoms with E-state index < -0.39 is 0 Å². The number of fused-ring (bicyclic) bond motifs is 1. The molecule has 0 radical (unpaired) electrons. The first-order valence-electron chi connectivity index (χ1n) is 3.90. The van der Waals surface area contributed by atoms with E-state index in [4.69, 9.17) is 4.84 Å². The Labute approximate surface area is 75.5 Å². The van der Waals surface area contributed by atoms with Gasteiger partial charge in [0.15, 0.2) is 0 Å². The number of hydrogen-bond acceptors (Lipinski definition) is 4. The van der Waals surface area contributed by atoms with Gasteiger partial charge in [0, 0.05) is 12.4 Å². The summed E-state index contributed by atoms with van der Waals surface area (Å²) in [5.41, 5.74) is 5.24. The van der Waals surface area contributed by atoms with Crippen LogP contribution in [0, 0.1) is 0 Å². The minimum atomic E-state index is 0.812. The zero-order chi connectivity index (χ0) is 9.10. The molecule has 2 aromatic heterocycles. The van der Waals surface area contributed by atoms with E-state index in [1.54, 1.807) is 19.5 Å². The zero-order valence-corrected chi connectivity index (χ0v) is 7.19. The third-order valence-corrected chi connectivity index (χ3v) is 1.71. The maximum atomic E-state index is 4.82. The molecule has 0 saturated heterocycles. The smallest absolute Gasteiger partial charge is 0.114 e. The van der Waals surface area contributed by atoms with E-state index in [0.717, 1.165) is 16.7 Å². The van der Waals surface area contributed by atoms with Gasteiger partial charge in [0.2, 0.25) is 0 Å². The first-order valence-corrected chi connectivity index (χ1v) is 3.90. The second-order valence-corrected chi connectivity index (χ2v) is 2.54. The molecule has 0 fully saturated rings. The highest BCUT2D eigenvalue weighted by atomic mass is 16.6. The van der Waals surface area contributed by atoms with E-state index >= 15 is 0 Å². The molecule has 4 nitrogen and oxygen atoms in total. The molecule has 0 aliphatic carbocycles. The van der Waals surface area contributed by atoms with Crippen LogP contribution in [-0.4, -0.2) is 17.1 Å². The van der Waals surface area contributed by atoms with Gasteiger partial charge >= 0.3 is 0 Å². The van der Waals surface area contributed by atoms with Crippen LogP contribution >= 0.6 is 0 Å². The van der Waals surface area contributed by atoms with Gasteiger partial charge in [-0.3, -0.25) is 20.3 Å². The molecule has 0 unspecified atom stereocenters. The summed E-state index contributed by atoms with van der Waals surface area (Å²) in [5, 5.41) is 0. The van der Waals surface area contributed by atoms with Crippen LogP contribution in [0.25, 0.3) is 11.0 Å². The van der Waals surface area contributed by atoms with Crippen molar-refractivity contribution in [3.8, 4) is 0 Å². The number of aromatic nitrogens is 2. The molecule has 0 spiro atoms. The maximum Gasteiger partial charge on any atom is 0.114 e. The topological polar surface area (TPSA) is 47.0 Å². The second kappa shape index (κ2) is 3.37. The van der Waals surface area contributed by atoms with Gasteiger partial charge in [-0.2, -0.15) is 0 Å². The molecule has 1 N–H and O–H groups in total. The van der Waals surface area contributed by atoms with Crippen molar-refractivity contribution in [1.29, 1.82) is 0 Å². The van der Waals surface area contributed by atoms with Crippen molar-refractivity contribution in [2.24, 2.45) is 0 Å². The minimum absolute atomic E-state index is 0.812. The van der Waals surface area contributed by atoms with Crippen LogP contribution in [0.15, 0.2) is 30.6 Å². The number of pyridine rings is 2. The molecule has 0 saturated carbocycles. The van der Waals surface area contributed by atoms with Crippen molar-refractivity contribution in [1.82, 2.24) is 9.97 Å². The zero-order valence-electron chi connectivity index (χ0n) is 7.19. The number of nitrogens with one attached hydrogen (secondary N) is 1. The first-order chi connectivity index (χ1) is 6.42. The molecular formula is C9H9N3O. The van der Waals surface area contributed by atoms with Gasteiger partial charge in [0.25, 0.3) is 0 Å². The van der Waals surface area contributed by atoms with Crippen LogP contribution in [0.1, 0.15) is 0 Å². The fraction of sp³-hybridized carbons (Fsp3) is 0.111. The highest BCUT2D eigenvalue weighted by molar-refractivity contribution is 5.86. The predicted octanol–water partition coefficient (Wildman–Crippen LogP) is 1.60. The molecule has 0 aliphatic heterocycles. The standard InChI is InChI=1S/C9H9N3O/c1-13-12-8-4-6-10-7-3-2-5-11-9(7)8/h2-6H,1H3,(H,10,12). The third-order valence-electron chi connectivity index (χ3n) is 1.71. The summed E-state index contributed by atoms with van der Waals surface area (Å²) < 4.78 is 0. The quantitative estimate of drug-likeness (QED) is 0.704. The van der Waals surface area contributed by atoms with E-state index in [-0.39, 0.29) is 0 Å². The Morgan fingerprint density at radius 2 is 2.15 bits per heavy atom. The molecule has 2 aromatic rings. The molecule has 2 heterocycles. The Morgan fingerprint density at radius 1 is 1.23 bits per heavy atom. The van der Waals surface area contributed by atoms with Crippen LogP contribution in [-0.2, 0) is 4.84 Å². The van der Waals surface area contributed by atoms with E-state index in [1.165, 1.54) is 0 Å². The Hall–Kier alpha value is -1.68. The Bertz CT molecular complexity index is 411. The van der Waals surface area contributed by atoms with Crippen LogP contribution < -0.4 is 5.48 Å². The van der Waals surface area contributed by atoms with Crippen molar-refractivity contribution in [2.45, 2.75) is 0 Å². The van der Waals surface area contributed by atoms with Crippen molar-refractivity contribution in [2.75, 3.05) is 12.6 Å². The van der Waals surface area contributed by atoms with E-state index in [9.17, 15) is 0 Å². The molecule has 0 aromatic carbocycles. The Balaban J connectivity index is 2.61. The van der Waals surface area contributed by atoms with Crippen molar-refractivity contribution >= 4 is 16.7 Å².